The summed E-state index contributed by atoms with van der Waals surface area (Å²) in [5.74, 6) is 0. The van der Waals surface area contributed by atoms with E-state index in [4.69, 9.17) is 52.1 Å². The predicted molar refractivity (Wildman–Crippen MR) is 276 cm³/mol. The van der Waals surface area contributed by atoms with Gasteiger partial charge in [-0.3, -0.25) is 0 Å². The third kappa shape index (κ3) is 15.3. The fraction of sp³-hybridized carbons (Fsp3) is 0.323. The predicted octanol–water partition coefficient (Wildman–Crippen LogP) is 10.8. The second-order valence-electron chi connectivity index (χ2n) is 18.2. The van der Waals surface area contributed by atoms with Gasteiger partial charge in [0, 0.05) is 7.11 Å². The molecule has 10 atom stereocenters. The zero-order chi connectivity index (χ0) is 49.7. The molecule has 0 bridgehead atoms. The van der Waals surface area contributed by atoms with Gasteiger partial charge in [-0.2, -0.15) is 0 Å². The first kappa shape index (κ1) is 52.0. The molecule has 0 amide bonds. The van der Waals surface area contributed by atoms with Crippen LogP contribution in [0.4, 0.5) is 0 Å². The quantitative estimate of drug-likeness (QED) is 0.0518. The fourth-order valence-electron chi connectivity index (χ4n) is 9.14. The molecular formula is C62H66O11. The van der Waals surface area contributed by atoms with E-state index in [1.165, 1.54) is 0 Å². The molecule has 380 valence electrons. The molecule has 0 N–H and O–H groups in total. The summed E-state index contributed by atoms with van der Waals surface area (Å²) in [5.41, 5.74) is 7.00. The highest BCUT2D eigenvalue weighted by atomic mass is 16.7. The molecule has 0 aromatic heterocycles. The third-order valence-corrected chi connectivity index (χ3v) is 12.9. The monoisotopic (exact) mass is 986 g/mol. The van der Waals surface area contributed by atoms with Crippen LogP contribution in [0, 0.1) is 0 Å². The molecule has 0 spiro atoms. The number of hydrogen-bond donors (Lipinski definition) is 0. The molecule has 2 fully saturated rings. The molecule has 9 rings (SSSR count). The maximum Gasteiger partial charge on any atom is 0.187 e. The van der Waals surface area contributed by atoms with Crippen molar-refractivity contribution in [1.82, 2.24) is 0 Å². The molecule has 0 aliphatic carbocycles. The third-order valence-electron chi connectivity index (χ3n) is 12.9. The van der Waals surface area contributed by atoms with Crippen molar-refractivity contribution in [2.75, 3.05) is 20.3 Å². The van der Waals surface area contributed by atoms with Crippen LogP contribution < -0.4 is 0 Å². The van der Waals surface area contributed by atoms with Crippen molar-refractivity contribution < 1.29 is 52.1 Å². The first-order chi connectivity index (χ1) is 36.2. The van der Waals surface area contributed by atoms with Crippen molar-refractivity contribution in [3.05, 3.63) is 251 Å². The fourth-order valence-corrected chi connectivity index (χ4v) is 9.14. The molecule has 0 radical (unpaired) electrons. The van der Waals surface area contributed by atoms with Crippen LogP contribution in [0.15, 0.2) is 212 Å². The minimum absolute atomic E-state index is 0.00960. The maximum absolute atomic E-state index is 7.10. The summed E-state index contributed by atoms with van der Waals surface area (Å²) in [7, 11) is 1.61. The van der Waals surface area contributed by atoms with E-state index in [-0.39, 0.29) is 33.0 Å². The zero-order valence-electron chi connectivity index (χ0n) is 41.3. The Balaban J connectivity index is 1.05. The first-order valence-electron chi connectivity index (χ1n) is 25.2. The van der Waals surface area contributed by atoms with E-state index in [1.54, 1.807) is 7.11 Å². The summed E-state index contributed by atoms with van der Waals surface area (Å²) in [5, 5.41) is 0. The number of hydrogen-bond acceptors (Lipinski definition) is 11. The standard InChI is InChI=1S/C62H66O11/c1-63-61-59(69-42-51-33-19-7-20-34-51)57(67-40-49-29-15-5-16-30-49)56(66-39-48-27-13-4-14-28-48)54(72-61)45-71-62-60(70-43-52-35-21-8-22-36-52)58(68-41-50-31-17-6-18-32-50)55(65-38-47-25-11-3-12-26-47)53(73-62)44-64-37-46-23-9-2-10-24-46/h2-36,53-62H,37-45H2,1H3/t53-,54-,55-,56-,57+,58+,59+,60+,61+,62-/m1/s1. The molecule has 2 heterocycles. The highest BCUT2D eigenvalue weighted by molar-refractivity contribution is 5.19. The van der Waals surface area contributed by atoms with E-state index in [0.29, 0.717) is 26.4 Å². The lowest BCUT2D eigenvalue weighted by Crippen LogP contribution is -2.64. The number of ether oxygens (including phenoxy) is 11. The lowest BCUT2D eigenvalue weighted by atomic mass is 9.96. The molecule has 11 heteroatoms. The van der Waals surface area contributed by atoms with Gasteiger partial charge in [0.1, 0.15) is 48.8 Å². The van der Waals surface area contributed by atoms with Crippen molar-refractivity contribution in [3.8, 4) is 0 Å². The Labute approximate surface area is 429 Å². The summed E-state index contributed by atoms with van der Waals surface area (Å²) >= 11 is 0. The van der Waals surface area contributed by atoms with Gasteiger partial charge in [-0.15, -0.1) is 0 Å². The summed E-state index contributed by atoms with van der Waals surface area (Å²) < 4.78 is 75.2. The van der Waals surface area contributed by atoms with Crippen LogP contribution in [0.5, 0.6) is 0 Å². The van der Waals surface area contributed by atoms with Crippen molar-refractivity contribution in [1.29, 1.82) is 0 Å². The van der Waals surface area contributed by atoms with Gasteiger partial charge in [-0.25, -0.2) is 0 Å². The van der Waals surface area contributed by atoms with Crippen LogP contribution in [-0.2, 0) is 98.4 Å². The topological polar surface area (TPSA) is 102 Å². The lowest BCUT2D eigenvalue weighted by Gasteiger charge is -2.48. The van der Waals surface area contributed by atoms with E-state index >= 15 is 0 Å². The van der Waals surface area contributed by atoms with E-state index in [9.17, 15) is 0 Å². The highest BCUT2D eigenvalue weighted by Gasteiger charge is 2.52. The van der Waals surface area contributed by atoms with Gasteiger partial charge in [-0.1, -0.05) is 212 Å². The van der Waals surface area contributed by atoms with Crippen LogP contribution >= 0.6 is 0 Å². The van der Waals surface area contributed by atoms with Crippen molar-refractivity contribution in [2.24, 2.45) is 0 Å². The second kappa shape index (κ2) is 28.0. The van der Waals surface area contributed by atoms with Gasteiger partial charge >= 0.3 is 0 Å². The van der Waals surface area contributed by atoms with Crippen molar-refractivity contribution in [3.63, 3.8) is 0 Å². The Morgan fingerprint density at radius 1 is 0.274 bits per heavy atom. The average molecular weight is 987 g/mol. The van der Waals surface area contributed by atoms with Crippen LogP contribution in [0.3, 0.4) is 0 Å². The minimum Gasteiger partial charge on any atom is -0.374 e. The van der Waals surface area contributed by atoms with Crippen LogP contribution in [0.2, 0.25) is 0 Å². The van der Waals surface area contributed by atoms with Crippen molar-refractivity contribution >= 4 is 0 Å². The SMILES string of the molecule is CO[C@H]1O[C@H](CO[C@@H]2O[C@H](COCc3ccccc3)[C@@H](OCc3ccccc3)[C@H](OCc3ccccc3)[C@@H]2OCc2ccccc2)[C@@H](OCc2ccccc2)[C@H](OCc2ccccc2)[C@@H]1OCc1ccccc1. The number of rotatable bonds is 26. The molecule has 2 aliphatic heterocycles. The molecule has 7 aromatic rings. The Morgan fingerprint density at radius 3 is 0.863 bits per heavy atom. The van der Waals surface area contributed by atoms with E-state index < -0.39 is 61.4 Å². The van der Waals surface area contributed by atoms with Gasteiger partial charge in [0.25, 0.3) is 0 Å². The lowest BCUT2D eigenvalue weighted by molar-refractivity contribution is -0.351. The Morgan fingerprint density at radius 2 is 0.534 bits per heavy atom. The Bertz CT molecular complexity index is 2560. The minimum atomic E-state index is -0.999. The zero-order valence-corrected chi connectivity index (χ0v) is 41.3. The molecule has 7 aromatic carbocycles. The summed E-state index contributed by atoms with van der Waals surface area (Å²) in [4.78, 5) is 0. The maximum atomic E-state index is 7.10. The summed E-state index contributed by atoms with van der Waals surface area (Å²) in [6, 6.07) is 70.4. The second-order valence-corrected chi connectivity index (χ2v) is 18.2. The van der Waals surface area contributed by atoms with Crippen molar-refractivity contribution in [2.45, 2.75) is 108 Å². The molecular weight excluding hydrogens is 921 g/mol. The largest absolute Gasteiger partial charge is 0.374 e. The average Bonchev–Trinajstić information content (AvgIpc) is 3.45. The van der Waals surface area contributed by atoms with E-state index in [0.717, 1.165) is 38.9 Å². The molecule has 2 saturated heterocycles. The molecule has 0 saturated carbocycles. The Hall–Kier alpha value is -5.90. The molecule has 2 aliphatic rings. The summed E-state index contributed by atoms with van der Waals surface area (Å²) in [6.45, 7) is 2.25. The Kier molecular flexibility index (Phi) is 19.9. The highest BCUT2D eigenvalue weighted by Crippen LogP contribution is 2.35. The molecule has 0 unspecified atom stereocenters. The number of methoxy groups -OCH3 is 1. The smallest absolute Gasteiger partial charge is 0.187 e. The van der Waals surface area contributed by atoms with Gasteiger partial charge in [0.05, 0.1) is 59.5 Å². The van der Waals surface area contributed by atoms with Crippen LogP contribution in [0.1, 0.15) is 38.9 Å². The van der Waals surface area contributed by atoms with Crippen LogP contribution in [-0.4, -0.2) is 81.7 Å². The normalized spacial score (nSPS) is 24.0. The molecule has 73 heavy (non-hydrogen) atoms. The van der Waals surface area contributed by atoms with E-state index in [2.05, 4.69) is 0 Å². The van der Waals surface area contributed by atoms with Gasteiger partial charge in [-0.05, 0) is 38.9 Å². The summed E-state index contributed by atoms with van der Waals surface area (Å²) in [6.07, 6.45) is -7.47. The van der Waals surface area contributed by atoms with E-state index in [1.807, 2.05) is 212 Å². The number of benzene rings is 7. The first-order valence-corrected chi connectivity index (χ1v) is 25.2. The molecule has 11 nitrogen and oxygen atoms in total. The van der Waals surface area contributed by atoms with Gasteiger partial charge < -0.3 is 52.1 Å². The van der Waals surface area contributed by atoms with Crippen LogP contribution in [0.25, 0.3) is 0 Å². The van der Waals surface area contributed by atoms with Gasteiger partial charge in [0.15, 0.2) is 12.6 Å². The van der Waals surface area contributed by atoms with Gasteiger partial charge in [0.2, 0.25) is 0 Å².